The third kappa shape index (κ3) is 0.865. The molecule has 0 saturated carbocycles. The molecule has 1 rings (SSSR count). The lowest BCUT2D eigenvalue weighted by atomic mass is 10.4. The van der Waals surface area contributed by atoms with Gasteiger partial charge in [0.05, 0.1) is 12.0 Å². The second kappa shape index (κ2) is 2.22. The van der Waals surface area contributed by atoms with Crippen molar-refractivity contribution < 1.29 is 0 Å². The van der Waals surface area contributed by atoms with E-state index in [1.807, 2.05) is 6.92 Å². The smallest absolute Gasteiger partial charge is 0.0925 e. The van der Waals surface area contributed by atoms with Gasteiger partial charge in [-0.3, -0.25) is 0 Å². The van der Waals surface area contributed by atoms with Gasteiger partial charge in [0.1, 0.15) is 0 Å². The molecule has 0 aromatic carbocycles. The van der Waals surface area contributed by atoms with Crippen molar-refractivity contribution in [2.45, 2.75) is 12.7 Å². The molecule has 8 heavy (non-hydrogen) atoms. The van der Waals surface area contributed by atoms with E-state index in [1.54, 1.807) is 6.33 Å². The van der Waals surface area contributed by atoms with Gasteiger partial charge in [-0.05, 0) is 6.92 Å². The van der Waals surface area contributed by atoms with Crippen molar-refractivity contribution in [2.24, 2.45) is 0 Å². The van der Waals surface area contributed by atoms with E-state index < -0.39 is 0 Å². The fraction of sp³-hybridized carbons (Fsp3) is 0.400. The number of aryl methyl sites for hydroxylation is 1. The van der Waals surface area contributed by atoms with Crippen LogP contribution >= 0.6 is 12.6 Å². The summed E-state index contributed by atoms with van der Waals surface area (Å²) < 4.78 is 0. The third-order valence-corrected chi connectivity index (χ3v) is 1.34. The Morgan fingerprint density at radius 3 is 2.88 bits per heavy atom. The number of hydrogen-bond acceptors (Lipinski definition) is 1. The lowest BCUT2D eigenvalue weighted by molar-refractivity contribution is 1.20. The zero-order valence-electron chi connectivity index (χ0n) is 4.64. The Balaban J connectivity index is 2.92. The van der Waals surface area contributed by atoms with Crippen molar-refractivity contribution in [1.82, 2.24) is 9.97 Å². The fourth-order valence-electron chi connectivity index (χ4n) is 0.533. The van der Waals surface area contributed by atoms with E-state index in [1.165, 1.54) is 0 Å². The average molecular weight is 127 g/mol. The monoisotopic (exact) mass is 127 g/mol. The number of imidazole rings is 1. The van der Waals surface area contributed by atoms with Gasteiger partial charge in [-0.2, -0.15) is 0 Å². The van der Waals surface area contributed by atoms with Gasteiger partial charge in [-0.15, -0.1) is 0 Å². The average Bonchev–Trinajstić information content (AvgIpc) is 2.14. The van der Waals surface area contributed by atoms with Crippen molar-refractivity contribution in [3.8, 4) is 0 Å². The van der Waals surface area contributed by atoms with Gasteiger partial charge in [0.15, 0.2) is 0 Å². The normalized spacial score (nSPS) is 9.75. The molecule has 0 unspecified atom stereocenters. The van der Waals surface area contributed by atoms with Gasteiger partial charge in [-0.25, -0.2) is 4.98 Å². The highest BCUT2D eigenvalue weighted by atomic mass is 32.1. The Morgan fingerprint density at radius 1 is 1.88 bits per heavy atom. The summed E-state index contributed by atoms with van der Waals surface area (Å²) in [6.45, 7) is 1.97. The molecular weight excluding hydrogens is 120 g/mol. The minimum Gasteiger partial charge on any atom is -0.348 e. The summed E-state index contributed by atoms with van der Waals surface area (Å²) >= 11 is 4.78. The molecular formula is C5H7N2S. The molecule has 1 heterocycles. The molecule has 1 radical (unpaired) electrons. The standard InChI is InChI=1S/C5H7N2S/c1-4-5(2-8)7-3-6-4/h3H,2H2,1H3,(H,6,7). The highest BCUT2D eigenvalue weighted by molar-refractivity contribution is 7.79. The number of rotatable bonds is 1. The molecule has 1 aromatic heterocycles. The number of aromatic nitrogens is 2. The Labute approximate surface area is 53.7 Å². The van der Waals surface area contributed by atoms with Gasteiger partial charge in [0.25, 0.3) is 0 Å². The second-order valence-electron chi connectivity index (χ2n) is 1.62. The quantitative estimate of drug-likeness (QED) is 0.607. The summed E-state index contributed by atoms with van der Waals surface area (Å²) in [6.07, 6.45) is 1.66. The van der Waals surface area contributed by atoms with Crippen LogP contribution in [0.2, 0.25) is 0 Å². The Hall–Kier alpha value is -0.440. The predicted molar refractivity (Wildman–Crippen MR) is 34.6 cm³/mol. The maximum Gasteiger partial charge on any atom is 0.0925 e. The van der Waals surface area contributed by atoms with Crippen molar-refractivity contribution >= 4 is 12.6 Å². The molecule has 2 nitrogen and oxygen atoms in total. The molecule has 0 atom stereocenters. The van der Waals surface area contributed by atoms with Crippen LogP contribution in [0.15, 0.2) is 6.33 Å². The lowest BCUT2D eigenvalue weighted by Gasteiger charge is -1.85. The number of nitrogens with one attached hydrogen (secondary N) is 1. The van der Waals surface area contributed by atoms with Crippen molar-refractivity contribution in [1.29, 1.82) is 0 Å². The number of H-pyrrole nitrogens is 1. The van der Waals surface area contributed by atoms with Gasteiger partial charge in [0, 0.05) is 11.4 Å². The molecule has 3 heteroatoms. The number of nitrogens with zero attached hydrogens (tertiary/aromatic N) is 1. The molecule has 0 spiro atoms. The van der Waals surface area contributed by atoms with Crippen LogP contribution in [0.1, 0.15) is 11.4 Å². The van der Waals surface area contributed by atoms with Crippen LogP contribution in [0.3, 0.4) is 0 Å². The predicted octanol–water partition coefficient (Wildman–Crippen LogP) is 1.42. The zero-order valence-corrected chi connectivity index (χ0v) is 5.46. The summed E-state index contributed by atoms with van der Waals surface area (Å²) in [6, 6.07) is 0. The van der Waals surface area contributed by atoms with Crippen molar-refractivity contribution in [3.63, 3.8) is 0 Å². The molecule has 0 amide bonds. The van der Waals surface area contributed by atoms with Crippen LogP contribution in [0.4, 0.5) is 0 Å². The molecule has 0 aliphatic carbocycles. The van der Waals surface area contributed by atoms with E-state index in [4.69, 9.17) is 12.6 Å². The van der Waals surface area contributed by atoms with Crippen molar-refractivity contribution in [3.05, 3.63) is 17.7 Å². The molecule has 1 N–H and O–H groups in total. The summed E-state index contributed by atoms with van der Waals surface area (Å²) in [4.78, 5) is 6.92. The first kappa shape index (κ1) is 5.69. The van der Waals surface area contributed by atoms with E-state index >= 15 is 0 Å². The van der Waals surface area contributed by atoms with E-state index in [2.05, 4.69) is 9.97 Å². The van der Waals surface area contributed by atoms with E-state index in [0.717, 1.165) is 11.4 Å². The molecule has 0 fully saturated rings. The molecule has 0 aliphatic rings. The molecule has 0 saturated heterocycles. The summed E-state index contributed by atoms with van der Waals surface area (Å²) in [5.74, 6) is 0.606. The molecule has 0 bridgehead atoms. The van der Waals surface area contributed by atoms with Gasteiger partial charge >= 0.3 is 0 Å². The van der Waals surface area contributed by atoms with E-state index in [-0.39, 0.29) is 0 Å². The first-order valence-corrected chi connectivity index (χ1v) is 2.99. The Bertz CT molecular complexity index is 171. The largest absolute Gasteiger partial charge is 0.348 e. The van der Waals surface area contributed by atoms with E-state index in [0.29, 0.717) is 5.75 Å². The SMILES string of the molecule is Cc1[nH]cnc1C[S]. The first-order valence-electron chi connectivity index (χ1n) is 2.41. The van der Waals surface area contributed by atoms with E-state index in [9.17, 15) is 0 Å². The summed E-state index contributed by atoms with van der Waals surface area (Å²) in [5, 5.41) is 0. The van der Waals surface area contributed by atoms with Crippen LogP contribution in [-0.4, -0.2) is 9.97 Å². The van der Waals surface area contributed by atoms with Crippen LogP contribution in [0.5, 0.6) is 0 Å². The Kier molecular flexibility index (Phi) is 1.58. The van der Waals surface area contributed by atoms with Gasteiger partial charge in [-0.1, -0.05) is 12.6 Å². The van der Waals surface area contributed by atoms with Crippen LogP contribution in [-0.2, 0) is 5.75 Å². The minimum absolute atomic E-state index is 0.606. The van der Waals surface area contributed by atoms with Gasteiger partial charge < -0.3 is 4.98 Å². The Morgan fingerprint density at radius 2 is 2.62 bits per heavy atom. The fourth-order valence-corrected chi connectivity index (χ4v) is 0.824. The van der Waals surface area contributed by atoms with Crippen LogP contribution in [0.25, 0.3) is 0 Å². The maximum absolute atomic E-state index is 4.78. The van der Waals surface area contributed by atoms with Crippen molar-refractivity contribution in [2.75, 3.05) is 0 Å². The third-order valence-electron chi connectivity index (χ3n) is 1.07. The van der Waals surface area contributed by atoms with Gasteiger partial charge in [0.2, 0.25) is 0 Å². The number of hydrogen-bond donors (Lipinski definition) is 1. The topological polar surface area (TPSA) is 28.7 Å². The highest BCUT2D eigenvalue weighted by Gasteiger charge is 1.94. The summed E-state index contributed by atoms with van der Waals surface area (Å²) in [5.41, 5.74) is 2.07. The second-order valence-corrected chi connectivity index (χ2v) is 1.91. The molecule has 0 aliphatic heterocycles. The minimum atomic E-state index is 0.606. The highest BCUT2D eigenvalue weighted by Crippen LogP contribution is 2.01. The number of aromatic amines is 1. The molecule has 43 valence electrons. The lowest BCUT2D eigenvalue weighted by Crippen LogP contribution is -1.79. The van der Waals surface area contributed by atoms with Crippen LogP contribution in [0, 0.1) is 6.92 Å². The first-order chi connectivity index (χ1) is 3.84. The molecule has 1 aromatic rings. The van der Waals surface area contributed by atoms with Crippen LogP contribution < -0.4 is 0 Å². The zero-order chi connectivity index (χ0) is 5.98. The summed E-state index contributed by atoms with van der Waals surface area (Å²) in [7, 11) is 0. The maximum atomic E-state index is 4.78.